The molecule has 6 rings (SSSR count). The van der Waals surface area contributed by atoms with Crippen molar-refractivity contribution in [3.8, 4) is 16.3 Å². The van der Waals surface area contributed by atoms with Crippen LogP contribution in [0.5, 0.6) is 5.75 Å². The van der Waals surface area contributed by atoms with Crippen molar-refractivity contribution >= 4 is 50.4 Å². The second kappa shape index (κ2) is 8.10. The summed E-state index contributed by atoms with van der Waals surface area (Å²) >= 11 is 3.38. The summed E-state index contributed by atoms with van der Waals surface area (Å²) in [4.78, 5) is 7.94. The normalized spacial score (nSPS) is 12.2. The maximum Gasteiger partial charge on any atom is 1.00 e. The van der Waals surface area contributed by atoms with Crippen molar-refractivity contribution in [3.05, 3.63) is 91.0 Å². The van der Waals surface area contributed by atoms with Crippen molar-refractivity contribution in [1.29, 1.82) is 0 Å². The molecule has 1 aliphatic rings. The fourth-order valence-corrected chi connectivity index (χ4v) is 5.95. The Kier molecular flexibility index (Phi) is 5.29. The van der Waals surface area contributed by atoms with Crippen molar-refractivity contribution in [2.75, 3.05) is 4.90 Å². The molecule has 4 aromatic carbocycles. The average Bonchev–Trinajstić information content (AvgIpc) is 3.21. The number of aromatic nitrogens is 1. The van der Waals surface area contributed by atoms with Gasteiger partial charge in [-0.2, -0.15) is 4.98 Å². The van der Waals surface area contributed by atoms with Crippen molar-refractivity contribution in [2.45, 2.75) is 9.79 Å². The molecule has 31 heavy (non-hydrogen) atoms. The number of fused-ring (bicyclic) bond motifs is 3. The summed E-state index contributed by atoms with van der Waals surface area (Å²) in [7, 11) is 0. The Bertz CT molecular complexity index is 1340. The fourth-order valence-electron chi connectivity index (χ4n) is 3.86. The maximum atomic E-state index is 13.1. The number of rotatable bonds is 2. The van der Waals surface area contributed by atoms with E-state index < -0.39 is 0 Å². The minimum absolute atomic E-state index is 0. The summed E-state index contributed by atoms with van der Waals surface area (Å²) < 4.78 is 1.15. The van der Waals surface area contributed by atoms with Crippen LogP contribution in [0.25, 0.3) is 20.8 Å². The third-order valence-corrected chi connectivity index (χ3v) is 7.48. The van der Waals surface area contributed by atoms with E-state index in [2.05, 4.69) is 52.3 Å². The van der Waals surface area contributed by atoms with Crippen molar-refractivity contribution < 1.29 is 29.0 Å². The largest absolute Gasteiger partial charge is 1.00 e. The predicted octanol–water partition coefficient (Wildman–Crippen LogP) is 3.39. The van der Waals surface area contributed by atoms with E-state index in [1.54, 1.807) is 29.2 Å². The van der Waals surface area contributed by atoms with Gasteiger partial charge in [0.2, 0.25) is 5.52 Å². The summed E-state index contributed by atoms with van der Waals surface area (Å²) in [5.74, 6) is 0.0171. The molecule has 0 spiro atoms. The molecule has 2 heterocycles. The summed E-state index contributed by atoms with van der Waals surface area (Å²) in [6.07, 6.45) is 0. The molecule has 0 amide bonds. The molecule has 0 saturated carbocycles. The van der Waals surface area contributed by atoms with Gasteiger partial charge in [-0.05, 0) is 48.5 Å². The summed E-state index contributed by atoms with van der Waals surface area (Å²) in [5.41, 5.74) is 4.83. The molecule has 0 radical (unpaired) electrons. The standard InChI is InChI=1S/C25H16N2OS2.Li/c28-21-15-16(13-14-17(21)25-26-18-7-1-4-10-22(18)30-25)27-19-8-2-5-11-23(19)29-24-12-6-3-9-20(24)27;/h1-15,28H;/q;+1. The summed E-state index contributed by atoms with van der Waals surface area (Å²) in [6, 6.07) is 30.5. The number of thiazole rings is 1. The van der Waals surface area contributed by atoms with Gasteiger partial charge >= 0.3 is 18.9 Å². The first-order valence-corrected chi connectivity index (χ1v) is 11.3. The van der Waals surface area contributed by atoms with Gasteiger partial charge in [-0.15, -0.1) is 0 Å². The van der Waals surface area contributed by atoms with Gasteiger partial charge in [-0.25, -0.2) is 0 Å². The summed E-state index contributed by atoms with van der Waals surface area (Å²) in [6.45, 7) is 0. The Morgan fingerprint density at radius 2 is 1.39 bits per heavy atom. The Hall–Kier alpha value is -2.68. The predicted molar refractivity (Wildman–Crippen MR) is 122 cm³/mol. The zero-order chi connectivity index (χ0) is 20.1. The number of anilines is 3. The van der Waals surface area contributed by atoms with Gasteiger partial charge in [-0.1, -0.05) is 65.2 Å². The first-order valence-electron chi connectivity index (χ1n) is 9.66. The van der Waals surface area contributed by atoms with E-state index in [1.165, 1.54) is 9.79 Å². The molecule has 0 bridgehead atoms. The van der Waals surface area contributed by atoms with Crippen LogP contribution in [-0.4, -0.2) is 0 Å². The van der Waals surface area contributed by atoms with Gasteiger partial charge in [0.1, 0.15) is 4.70 Å². The van der Waals surface area contributed by atoms with Crippen LogP contribution in [0.15, 0.2) is 101 Å². The molecule has 0 atom stereocenters. The molecule has 0 unspecified atom stereocenters. The van der Waals surface area contributed by atoms with Gasteiger partial charge in [0.05, 0.1) is 11.4 Å². The third-order valence-electron chi connectivity index (χ3n) is 5.25. The van der Waals surface area contributed by atoms with E-state index in [0.717, 1.165) is 32.3 Å². The number of para-hydroxylation sites is 3. The van der Waals surface area contributed by atoms with Crippen LogP contribution in [-0.2, 0) is 0 Å². The Balaban J connectivity index is 0.00000204. The molecular weight excluding hydrogens is 415 g/mol. The van der Waals surface area contributed by atoms with Crippen LogP contribution >= 0.6 is 23.1 Å². The second-order valence-electron chi connectivity index (χ2n) is 7.11. The van der Waals surface area contributed by atoms with Crippen LogP contribution in [0.2, 0.25) is 0 Å². The molecule has 3 nitrogen and oxygen atoms in total. The topological polar surface area (TPSA) is 40.4 Å². The first kappa shape index (κ1) is 20.2. The van der Waals surface area contributed by atoms with Gasteiger partial charge in [0.15, 0.2) is 0 Å². The quantitative estimate of drug-likeness (QED) is 0.395. The smallest absolute Gasteiger partial charge is 0.872 e. The molecule has 144 valence electrons. The monoisotopic (exact) mass is 431 g/mol. The van der Waals surface area contributed by atoms with Crippen LogP contribution in [0.4, 0.5) is 17.1 Å². The molecule has 5 aromatic rings. The van der Waals surface area contributed by atoms with Crippen LogP contribution < -0.4 is 33.9 Å². The zero-order valence-corrected chi connectivity index (χ0v) is 18.5. The fraction of sp³-hybridized carbons (Fsp3) is 0. The minimum Gasteiger partial charge on any atom is -0.872 e. The number of nitrogens with zero attached hydrogens (tertiary/aromatic N) is 1. The number of nitrogens with one attached hydrogen (secondary N) is 1. The summed E-state index contributed by atoms with van der Waals surface area (Å²) in [5, 5.41) is 14.0. The molecule has 6 heteroatoms. The maximum absolute atomic E-state index is 13.1. The number of aromatic amines is 1. The third kappa shape index (κ3) is 3.44. The number of hydrogen-bond donors (Lipinski definition) is 0. The van der Waals surface area contributed by atoms with Crippen molar-refractivity contribution in [2.24, 2.45) is 0 Å². The molecule has 0 fully saturated rings. The molecule has 1 aliphatic heterocycles. The van der Waals surface area contributed by atoms with E-state index in [0.29, 0.717) is 5.56 Å². The van der Waals surface area contributed by atoms with Gasteiger partial charge in [0, 0.05) is 27.1 Å². The second-order valence-corrected chi connectivity index (χ2v) is 9.24. The van der Waals surface area contributed by atoms with Crippen LogP contribution in [0.1, 0.15) is 0 Å². The Labute approximate surface area is 200 Å². The molecule has 1 N–H and O–H groups in total. The first-order chi connectivity index (χ1) is 14.8. The SMILES string of the molecule is [Li+].[O-]c1cc(N2c3ccccc3Sc3ccccc32)ccc1-c1[nH+]c2ccccc2s1. The van der Waals surface area contributed by atoms with Gasteiger partial charge < -0.3 is 10.0 Å². The van der Waals surface area contributed by atoms with Gasteiger partial charge in [-0.3, -0.25) is 0 Å². The van der Waals surface area contributed by atoms with E-state index in [1.807, 2.05) is 42.5 Å². The number of hydrogen-bond acceptors (Lipinski definition) is 4. The molecule has 0 aliphatic carbocycles. The van der Waals surface area contributed by atoms with E-state index in [-0.39, 0.29) is 24.6 Å². The van der Waals surface area contributed by atoms with E-state index in [9.17, 15) is 5.11 Å². The molecular formula is C25H16LiN2OS2+. The van der Waals surface area contributed by atoms with Crippen molar-refractivity contribution in [1.82, 2.24) is 0 Å². The number of benzene rings is 4. The van der Waals surface area contributed by atoms with Gasteiger partial charge in [0.25, 0.3) is 5.01 Å². The molecule has 0 saturated heterocycles. The van der Waals surface area contributed by atoms with Crippen LogP contribution in [0.3, 0.4) is 0 Å². The Morgan fingerprint density at radius 1 is 0.742 bits per heavy atom. The van der Waals surface area contributed by atoms with E-state index in [4.69, 9.17) is 0 Å². The Morgan fingerprint density at radius 3 is 2.06 bits per heavy atom. The molecule has 1 aromatic heterocycles. The van der Waals surface area contributed by atoms with E-state index >= 15 is 0 Å². The van der Waals surface area contributed by atoms with Crippen LogP contribution in [0, 0.1) is 0 Å². The average molecular weight is 431 g/mol. The number of H-pyrrole nitrogens is 1. The minimum atomic E-state index is 0. The zero-order valence-electron chi connectivity index (χ0n) is 16.8. The van der Waals surface area contributed by atoms with Crippen molar-refractivity contribution in [3.63, 3.8) is 0 Å².